The summed E-state index contributed by atoms with van der Waals surface area (Å²) < 4.78 is 3.44. The number of nitrogens with zero attached hydrogens (tertiary/aromatic N) is 6. The normalized spacial score (nSPS) is 19.7. The van der Waals surface area contributed by atoms with Crippen molar-refractivity contribution in [2.45, 2.75) is 70.1 Å². The number of pyridine rings is 1. The standard InChI is InChI=1S/C21H29N7O2/c1-21(2,30)9-8-16-14-28(26-25-16)19-13-22-20(27-11-3-10-23-27)12-18(19)24-15-4-6-17(29)7-5-15/h3,10-15,17,29-30H,4-9H2,1-2H3,(H,22,24). The van der Waals surface area contributed by atoms with Gasteiger partial charge < -0.3 is 15.5 Å². The molecule has 9 heteroatoms. The van der Waals surface area contributed by atoms with Crippen LogP contribution in [-0.2, 0) is 6.42 Å². The van der Waals surface area contributed by atoms with Gasteiger partial charge in [0.1, 0.15) is 5.69 Å². The molecule has 3 aromatic heterocycles. The maximum atomic E-state index is 9.97. The Morgan fingerprint density at radius 2 is 2.00 bits per heavy atom. The highest BCUT2D eigenvalue weighted by Gasteiger charge is 2.21. The molecule has 160 valence electrons. The summed E-state index contributed by atoms with van der Waals surface area (Å²) in [6.07, 6.45) is 11.7. The van der Waals surface area contributed by atoms with Crippen LogP contribution >= 0.6 is 0 Å². The summed E-state index contributed by atoms with van der Waals surface area (Å²) in [5.74, 6) is 0.712. The fourth-order valence-electron chi connectivity index (χ4n) is 3.67. The van der Waals surface area contributed by atoms with E-state index in [1.807, 2.05) is 24.5 Å². The molecular weight excluding hydrogens is 382 g/mol. The van der Waals surface area contributed by atoms with Gasteiger partial charge in [0.25, 0.3) is 0 Å². The van der Waals surface area contributed by atoms with Crippen LogP contribution in [-0.4, -0.2) is 57.7 Å². The number of aromatic nitrogens is 6. The molecule has 0 atom stereocenters. The summed E-state index contributed by atoms with van der Waals surface area (Å²) in [6, 6.07) is 4.10. The summed E-state index contributed by atoms with van der Waals surface area (Å²) in [4.78, 5) is 4.55. The average molecular weight is 412 g/mol. The SMILES string of the molecule is CC(C)(O)CCc1cn(-c2cnc(-n3cccn3)cc2NC2CCC(O)CC2)nn1. The zero-order valence-electron chi connectivity index (χ0n) is 17.4. The van der Waals surface area contributed by atoms with Crippen LogP contribution in [0.25, 0.3) is 11.5 Å². The second kappa shape index (κ2) is 8.53. The minimum Gasteiger partial charge on any atom is -0.393 e. The molecule has 0 aliphatic heterocycles. The van der Waals surface area contributed by atoms with Crippen LogP contribution in [0.2, 0.25) is 0 Å². The first-order valence-electron chi connectivity index (χ1n) is 10.5. The molecular formula is C21H29N7O2. The number of aliphatic hydroxyl groups excluding tert-OH is 1. The minimum absolute atomic E-state index is 0.201. The molecule has 0 spiro atoms. The largest absolute Gasteiger partial charge is 0.393 e. The van der Waals surface area contributed by atoms with Crippen molar-refractivity contribution in [3.63, 3.8) is 0 Å². The van der Waals surface area contributed by atoms with Crippen LogP contribution in [0.15, 0.2) is 36.9 Å². The second-order valence-corrected chi connectivity index (χ2v) is 8.63. The Labute approximate surface area is 175 Å². The Morgan fingerprint density at radius 1 is 1.20 bits per heavy atom. The molecule has 0 amide bonds. The molecule has 0 saturated heterocycles. The monoisotopic (exact) mass is 411 g/mol. The molecule has 30 heavy (non-hydrogen) atoms. The third-order valence-corrected chi connectivity index (χ3v) is 5.44. The van der Waals surface area contributed by atoms with Gasteiger partial charge in [-0.3, -0.25) is 0 Å². The van der Waals surface area contributed by atoms with Gasteiger partial charge >= 0.3 is 0 Å². The molecule has 1 aliphatic carbocycles. The van der Waals surface area contributed by atoms with Gasteiger partial charge in [0.15, 0.2) is 5.82 Å². The van der Waals surface area contributed by atoms with Gasteiger partial charge in [-0.2, -0.15) is 5.10 Å². The fourth-order valence-corrected chi connectivity index (χ4v) is 3.67. The fraction of sp³-hybridized carbons (Fsp3) is 0.524. The first kappa shape index (κ1) is 20.5. The van der Waals surface area contributed by atoms with Crippen molar-refractivity contribution in [3.8, 4) is 11.5 Å². The van der Waals surface area contributed by atoms with Crippen molar-refractivity contribution in [1.29, 1.82) is 0 Å². The number of aryl methyl sites for hydroxylation is 1. The van der Waals surface area contributed by atoms with Crippen LogP contribution in [0, 0.1) is 0 Å². The van der Waals surface area contributed by atoms with E-state index in [2.05, 4.69) is 25.7 Å². The Morgan fingerprint density at radius 3 is 2.70 bits per heavy atom. The second-order valence-electron chi connectivity index (χ2n) is 8.63. The van der Waals surface area contributed by atoms with E-state index in [0.29, 0.717) is 18.7 Å². The lowest BCUT2D eigenvalue weighted by molar-refractivity contribution is 0.0711. The number of nitrogens with one attached hydrogen (secondary N) is 1. The number of anilines is 1. The number of hydrogen-bond donors (Lipinski definition) is 3. The predicted octanol–water partition coefficient (Wildman–Crippen LogP) is 2.27. The van der Waals surface area contributed by atoms with Gasteiger partial charge in [-0.05, 0) is 58.4 Å². The summed E-state index contributed by atoms with van der Waals surface area (Å²) >= 11 is 0. The van der Waals surface area contributed by atoms with Gasteiger partial charge in [0, 0.05) is 24.5 Å². The summed E-state index contributed by atoms with van der Waals surface area (Å²) in [5, 5.41) is 36.2. The summed E-state index contributed by atoms with van der Waals surface area (Å²) in [7, 11) is 0. The van der Waals surface area contributed by atoms with Crippen molar-refractivity contribution in [1.82, 2.24) is 29.8 Å². The first-order valence-corrected chi connectivity index (χ1v) is 10.5. The Bertz CT molecular complexity index is 954. The smallest absolute Gasteiger partial charge is 0.155 e. The Hall–Kier alpha value is -2.78. The number of hydrogen-bond acceptors (Lipinski definition) is 7. The van der Waals surface area contributed by atoms with E-state index in [1.165, 1.54) is 0 Å². The van der Waals surface area contributed by atoms with Crippen LogP contribution in [0.3, 0.4) is 0 Å². The third-order valence-electron chi connectivity index (χ3n) is 5.44. The van der Waals surface area contributed by atoms with Gasteiger partial charge in [-0.1, -0.05) is 5.21 Å². The maximum absolute atomic E-state index is 9.97. The van der Waals surface area contributed by atoms with E-state index >= 15 is 0 Å². The van der Waals surface area contributed by atoms with Crippen molar-refractivity contribution < 1.29 is 10.2 Å². The first-order chi connectivity index (χ1) is 14.4. The van der Waals surface area contributed by atoms with Crippen molar-refractivity contribution >= 4 is 5.69 Å². The highest BCUT2D eigenvalue weighted by atomic mass is 16.3. The maximum Gasteiger partial charge on any atom is 0.155 e. The lowest BCUT2D eigenvalue weighted by Gasteiger charge is -2.27. The summed E-state index contributed by atoms with van der Waals surface area (Å²) in [6.45, 7) is 3.58. The van der Waals surface area contributed by atoms with Crippen molar-refractivity contribution in [2.24, 2.45) is 0 Å². The molecule has 0 radical (unpaired) electrons. The molecule has 3 aromatic rings. The van der Waals surface area contributed by atoms with Crippen molar-refractivity contribution in [2.75, 3.05) is 5.32 Å². The average Bonchev–Trinajstić information content (AvgIpc) is 3.40. The zero-order chi connectivity index (χ0) is 21.1. The van der Waals surface area contributed by atoms with Crippen molar-refractivity contribution in [3.05, 3.63) is 42.6 Å². The predicted molar refractivity (Wildman–Crippen MR) is 113 cm³/mol. The molecule has 0 aromatic carbocycles. The molecule has 4 rings (SSSR count). The topological polar surface area (TPSA) is 114 Å². The van der Waals surface area contributed by atoms with E-state index in [1.54, 1.807) is 35.6 Å². The number of rotatable bonds is 7. The number of aliphatic hydroxyl groups is 2. The molecule has 1 saturated carbocycles. The molecule has 0 bridgehead atoms. The molecule has 3 heterocycles. The Kier molecular flexibility index (Phi) is 5.83. The van der Waals surface area contributed by atoms with E-state index < -0.39 is 5.60 Å². The highest BCUT2D eigenvalue weighted by Crippen LogP contribution is 2.27. The van der Waals surface area contributed by atoms with E-state index in [9.17, 15) is 10.2 Å². The van der Waals surface area contributed by atoms with E-state index in [4.69, 9.17) is 0 Å². The van der Waals surface area contributed by atoms with Gasteiger partial charge in [-0.25, -0.2) is 14.3 Å². The molecule has 1 aliphatic rings. The zero-order valence-corrected chi connectivity index (χ0v) is 17.4. The van der Waals surface area contributed by atoms with E-state index in [-0.39, 0.29) is 12.1 Å². The third kappa shape index (κ3) is 5.03. The van der Waals surface area contributed by atoms with Gasteiger partial charge in [0.05, 0.1) is 35.5 Å². The lowest BCUT2D eigenvalue weighted by Crippen LogP contribution is -2.28. The quantitative estimate of drug-likeness (QED) is 0.546. The van der Waals surface area contributed by atoms with Gasteiger partial charge in [0.2, 0.25) is 0 Å². The van der Waals surface area contributed by atoms with E-state index in [0.717, 1.165) is 42.8 Å². The van der Waals surface area contributed by atoms with Crippen LogP contribution in [0.5, 0.6) is 0 Å². The summed E-state index contributed by atoms with van der Waals surface area (Å²) in [5.41, 5.74) is 1.78. The lowest BCUT2D eigenvalue weighted by atomic mass is 9.93. The molecule has 3 N–H and O–H groups in total. The minimum atomic E-state index is -0.741. The molecule has 0 unspecified atom stereocenters. The van der Waals surface area contributed by atoms with Crippen LogP contribution in [0.4, 0.5) is 5.69 Å². The van der Waals surface area contributed by atoms with Gasteiger partial charge in [-0.15, -0.1) is 5.10 Å². The highest BCUT2D eigenvalue weighted by molar-refractivity contribution is 5.62. The Balaban J connectivity index is 1.60. The molecule has 1 fully saturated rings. The van der Waals surface area contributed by atoms with Crippen LogP contribution in [0.1, 0.15) is 51.6 Å². The molecule has 9 nitrogen and oxygen atoms in total. The van der Waals surface area contributed by atoms with Crippen LogP contribution < -0.4 is 5.32 Å².